The van der Waals surface area contributed by atoms with E-state index in [0.717, 1.165) is 53.3 Å². The van der Waals surface area contributed by atoms with Crippen molar-refractivity contribution in [3.05, 3.63) is 41.9 Å². The maximum absolute atomic E-state index is 5.41. The van der Waals surface area contributed by atoms with Gasteiger partial charge in [-0.05, 0) is 38.0 Å². The molecule has 2 N–H and O–H groups in total. The van der Waals surface area contributed by atoms with Crippen LogP contribution in [0.15, 0.2) is 30.6 Å². The Morgan fingerprint density at radius 1 is 1.26 bits per heavy atom. The topological polar surface area (TPSA) is 62.8 Å². The maximum atomic E-state index is 5.41. The fourth-order valence-electron chi connectivity index (χ4n) is 3.15. The van der Waals surface area contributed by atoms with Crippen LogP contribution in [-0.2, 0) is 4.74 Å². The molecule has 0 bridgehead atoms. The highest BCUT2D eigenvalue weighted by Gasteiger charge is 2.16. The minimum atomic E-state index is 0.360. The Bertz CT molecular complexity index is 849. The number of H-pyrrole nitrogens is 1. The lowest BCUT2D eigenvalue weighted by atomic mass is 10.1. The molecule has 1 aliphatic heterocycles. The number of anilines is 1. The number of rotatable bonds is 3. The van der Waals surface area contributed by atoms with Gasteiger partial charge in [0.1, 0.15) is 5.82 Å². The first-order chi connectivity index (χ1) is 11.2. The number of pyridine rings is 2. The number of nitrogens with one attached hydrogen (secondary N) is 2. The monoisotopic (exact) mass is 308 g/mol. The molecule has 1 fully saturated rings. The van der Waals surface area contributed by atoms with E-state index in [2.05, 4.69) is 39.3 Å². The predicted octanol–water partition coefficient (Wildman–Crippen LogP) is 3.44. The van der Waals surface area contributed by atoms with Crippen molar-refractivity contribution in [2.75, 3.05) is 18.5 Å². The van der Waals surface area contributed by atoms with Crippen LogP contribution in [0.25, 0.3) is 22.2 Å². The third kappa shape index (κ3) is 2.68. The van der Waals surface area contributed by atoms with Gasteiger partial charge in [-0.1, -0.05) is 0 Å². The molecule has 0 radical (unpaired) electrons. The highest BCUT2D eigenvalue weighted by Crippen LogP contribution is 2.30. The van der Waals surface area contributed by atoms with Gasteiger partial charge in [-0.25, -0.2) is 4.98 Å². The molecule has 23 heavy (non-hydrogen) atoms. The molecule has 0 amide bonds. The smallest absolute Gasteiger partial charge is 0.128 e. The van der Waals surface area contributed by atoms with Gasteiger partial charge in [-0.15, -0.1) is 0 Å². The highest BCUT2D eigenvalue weighted by molar-refractivity contribution is 5.91. The fraction of sp³-hybridized carbons (Fsp3) is 0.333. The van der Waals surface area contributed by atoms with E-state index >= 15 is 0 Å². The number of aryl methyl sites for hydroxylation is 2. The van der Waals surface area contributed by atoms with Crippen molar-refractivity contribution in [1.82, 2.24) is 15.0 Å². The van der Waals surface area contributed by atoms with Crippen molar-refractivity contribution in [2.24, 2.45) is 0 Å². The lowest BCUT2D eigenvalue weighted by Gasteiger charge is -2.10. The third-order valence-corrected chi connectivity index (χ3v) is 4.41. The number of aromatic nitrogens is 3. The van der Waals surface area contributed by atoms with Gasteiger partial charge in [0.2, 0.25) is 0 Å². The zero-order valence-electron chi connectivity index (χ0n) is 13.4. The van der Waals surface area contributed by atoms with Crippen molar-refractivity contribution in [3.8, 4) is 11.3 Å². The first kappa shape index (κ1) is 14.2. The van der Waals surface area contributed by atoms with E-state index in [1.165, 1.54) is 5.56 Å². The summed E-state index contributed by atoms with van der Waals surface area (Å²) in [5.41, 5.74) is 5.62. The van der Waals surface area contributed by atoms with Crippen LogP contribution in [0.2, 0.25) is 0 Å². The molecule has 0 saturated carbocycles. The summed E-state index contributed by atoms with van der Waals surface area (Å²) in [4.78, 5) is 12.4. The molecule has 3 aromatic rings. The van der Waals surface area contributed by atoms with Crippen molar-refractivity contribution in [1.29, 1.82) is 0 Å². The minimum absolute atomic E-state index is 0.360. The molecule has 4 heterocycles. The molecule has 0 spiro atoms. The summed E-state index contributed by atoms with van der Waals surface area (Å²) in [6.45, 7) is 5.72. The molecule has 5 heteroatoms. The van der Waals surface area contributed by atoms with E-state index in [9.17, 15) is 0 Å². The number of ether oxygens (including phenoxy) is 1. The predicted molar refractivity (Wildman–Crippen MR) is 91.6 cm³/mol. The average molecular weight is 308 g/mol. The SMILES string of the molecule is Cc1cc(-c2[nH]c3cc(N[C@@H]4CCOC4)ncc3c2C)ccn1. The number of fused-ring (bicyclic) bond motifs is 1. The molecule has 1 saturated heterocycles. The van der Waals surface area contributed by atoms with Crippen LogP contribution in [0.1, 0.15) is 17.7 Å². The highest BCUT2D eigenvalue weighted by atomic mass is 16.5. The molecule has 1 atom stereocenters. The minimum Gasteiger partial charge on any atom is -0.379 e. The lowest BCUT2D eigenvalue weighted by Crippen LogP contribution is -2.19. The Labute approximate surface area is 135 Å². The molecular formula is C18H20N4O. The maximum Gasteiger partial charge on any atom is 0.128 e. The van der Waals surface area contributed by atoms with Crippen molar-refractivity contribution >= 4 is 16.7 Å². The summed E-state index contributed by atoms with van der Waals surface area (Å²) in [5.74, 6) is 0.895. The summed E-state index contributed by atoms with van der Waals surface area (Å²) >= 11 is 0. The summed E-state index contributed by atoms with van der Waals surface area (Å²) < 4.78 is 5.41. The standard InChI is InChI=1S/C18H20N4O/c1-11-7-13(3-5-19-11)18-12(2)15-9-20-17(8-16(15)22-18)21-14-4-6-23-10-14/h3,5,7-9,14,22H,4,6,10H2,1-2H3,(H,20,21)/t14-/m1/s1. The van der Waals surface area contributed by atoms with Crippen LogP contribution >= 0.6 is 0 Å². The Kier molecular flexibility index (Phi) is 3.50. The van der Waals surface area contributed by atoms with Gasteiger partial charge in [-0.3, -0.25) is 4.98 Å². The van der Waals surface area contributed by atoms with Gasteiger partial charge in [-0.2, -0.15) is 0 Å². The lowest BCUT2D eigenvalue weighted by molar-refractivity contribution is 0.195. The number of hydrogen-bond acceptors (Lipinski definition) is 4. The van der Waals surface area contributed by atoms with Gasteiger partial charge < -0.3 is 15.0 Å². The second-order valence-electron chi connectivity index (χ2n) is 6.13. The second kappa shape index (κ2) is 5.66. The second-order valence-corrected chi connectivity index (χ2v) is 6.13. The molecular weight excluding hydrogens is 288 g/mol. The number of nitrogens with zero attached hydrogens (tertiary/aromatic N) is 2. The molecule has 118 valence electrons. The largest absolute Gasteiger partial charge is 0.379 e. The Hall–Kier alpha value is -2.40. The van der Waals surface area contributed by atoms with Crippen molar-refractivity contribution in [2.45, 2.75) is 26.3 Å². The molecule has 4 rings (SSSR count). The Morgan fingerprint density at radius 3 is 2.96 bits per heavy atom. The molecule has 1 aliphatic rings. The summed E-state index contributed by atoms with van der Waals surface area (Å²) in [6.07, 6.45) is 4.82. The van der Waals surface area contributed by atoms with Crippen LogP contribution in [0.4, 0.5) is 5.82 Å². The zero-order chi connectivity index (χ0) is 15.8. The molecule has 0 aliphatic carbocycles. The summed E-state index contributed by atoms with van der Waals surface area (Å²) in [7, 11) is 0. The Morgan fingerprint density at radius 2 is 2.17 bits per heavy atom. The van der Waals surface area contributed by atoms with Crippen LogP contribution in [0.3, 0.4) is 0 Å². The van der Waals surface area contributed by atoms with Gasteiger partial charge >= 0.3 is 0 Å². The Balaban J connectivity index is 1.72. The van der Waals surface area contributed by atoms with E-state index < -0.39 is 0 Å². The van der Waals surface area contributed by atoms with E-state index in [1.54, 1.807) is 0 Å². The number of hydrogen-bond donors (Lipinski definition) is 2. The van der Waals surface area contributed by atoms with Crippen LogP contribution in [0.5, 0.6) is 0 Å². The van der Waals surface area contributed by atoms with Crippen LogP contribution < -0.4 is 5.32 Å². The third-order valence-electron chi connectivity index (χ3n) is 4.41. The summed E-state index contributed by atoms with van der Waals surface area (Å²) in [5, 5.41) is 4.60. The normalized spacial score (nSPS) is 17.7. The van der Waals surface area contributed by atoms with E-state index in [4.69, 9.17) is 4.74 Å². The van der Waals surface area contributed by atoms with Crippen LogP contribution in [-0.4, -0.2) is 34.2 Å². The molecule has 3 aromatic heterocycles. The van der Waals surface area contributed by atoms with Gasteiger partial charge in [0.05, 0.1) is 18.2 Å². The van der Waals surface area contributed by atoms with Crippen molar-refractivity contribution in [3.63, 3.8) is 0 Å². The van der Waals surface area contributed by atoms with Crippen LogP contribution in [0, 0.1) is 13.8 Å². The average Bonchev–Trinajstić information content (AvgIpc) is 3.16. The van der Waals surface area contributed by atoms with Crippen molar-refractivity contribution < 1.29 is 4.74 Å². The van der Waals surface area contributed by atoms with Gasteiger partial charge in [0.25, 0.3) is 0 Å². The van der Waals surface area contributed by atoms with E-state index in [-0.39, 0.29) is 0 Å². The number of aromatic amines is 1. The van der Waals surface area contributed by atoms with E-state index in [1.807, 2.05) is 25.4 Å². The molecule has 0 unspecified atom stereocenters. The van der Waals surface area contributed by atoms with Gasteiger partial charge in [0.15, 0.2) is 0 Å². The summed E-state index contributed by atoms with van der Waals surface area (Å²) in [6, 6.07) is 6.57. The molecule has 0 aromatic carbocycles. The zero-order valence-corrected chi connectivity index (χ0v) is 13.4. The first-order valence-corrected chi connectivity index (χ1v) is 7.96. The first-order valence-electron chi connectivity index (χ1n) is 7.96. The van der Waals surface area contributed by atoms with Gasteiger partial charge in [0, 0.05) is 47.4 Å². The fourth-order valence-corrected chi connectivity index (χ4v) is 3.15. The molecule has 5 nitrogen and oxygen atoms in total. The van der Waals surface area contributed by atoms with E-state index in [0.29, 0.717) is 6.04 Å². The quantitative estimate of drug-likeness (QED) is 0.778.